The molecule has 1 atom stereocenters. The van der Waals surface area contributed by atoms with E-state index < -0.39 is 0 Å². The highest BCUT2D eigenvalue weighted by Crippen LogP contribution is 2.18. The summed E-state index contributed by atoms with van der Waals surface area (Å²) in [5.41, 5.74) is 0. The highest BCUT2D eigenvalue weighted by molar-refractivity contribution is 4.68. The van der Waals surface area contributed by atoms with Gasteiger partial charge in [0.15, 0.2) is 0 Å². The van der Waals surface area contributed by atoms with Gasteiger partial charge < -0.3 is 4.74 Å². The van der Waals surface area contributed by atoms with Gasteiger partial charge in [0, 0.05) is 13.0 Å². The van der Waals surface area contributed by atoms with Gasteiger partial charge in [-0.2, -0.15) is 5.26 Å². The summed E-state index contributed by atoms with van der Waals surface area (Å²) in [5, 5.41) is 8.36. The lowest BCUT2D eigenvalue weighted by molar-refractivity contribution is 0.00978. The van der Waals surface area contributed by atoms with Crippen molar-refractivity contribution in [3.8, 4) is 6.07 Å². The van der Waals surface area contributed by atoms with E-state index in [1.54, 1.807) is 0 Å². The van der Waals surface area contributed by atoms with Crippen molar-refractivity contribution in [2.75, 3.05) is 6.61 Å². The maximum Gasteiger partial charge on any atom is 0.0621 e. The predicted octanol–water partition coefficient (Wildman–Crippen LogP) is 3.42. The summed E-state index contributed by atoms with van der Waals surface area (Å²) in [6.45, 7) is 0.971. The quantitative estimate of drug-likeness (QED) is 0.608. The van der Waals surface area contributed by atoms with Crippen LogP contribution in [0.25, 0.3) is 0 Å². The van der Waals surface area contributed by atoms with Crippen molar-refractivity contribution in [2.45, 2.75) is 63.9 Å². The fraction of sp³-hybridized carbons (Fsp3) is 0.917. The van der Waals surface area contributed by atoms with Gasteiger partial charge in [-0.25, -0.2) is 0 Å². The van der Waals surface area contributed by atoms with Crippen molar-refractivity contribution in [2.24, 2.45) is 0 Å². The first kappa shape index (κ1) is 11.5. The van der Waals surface area contributed by atoms with Crippen LogP contribution >= 0.6 is 0 Å². The molecule has 1 aliphatic rings. The molecule has 0 amide bonds. The van der Waals surface area contributed by atoms with Crippen LogP contribution in [0.5, 0.6) is 0 Å². The van der Waals surface area contributed by atoms with Gasteiger partial charge in [-0.1, -0.05) is 19.3 Å². The summed E-state index contributed by atoms with van der Waals surface area (Å²) in [6, 6.07) is 2.18. The number of unbranched alkanes of at least 4 members (excludes halogenated alkanes) is 4. The number of ether oxygens (including phenoxy) is 1. The lowest BCUT2D eigenvalue weighted by Crippen LogP contribution is -2.18. The van der Waals surface area contributed by atoms with Gasteiger partial charge in [-0.05, 0) is 32.1 Å². The molecule has 1 saturated heterocycles. The van der Waals surface area contributed by atoms with E-state index in [-0.39, 0.29) is 0 Å². The van der Waals surface area contributed by atoms with Gasteiger partial charge in [0.1, 0.15) is 0 Å². The van der Waals surface area contributed by atoms with E-state index in [1.165, 1.54) is 44.9 Å². The van der Waals surface area contributed by atoms with Crippen LogP contribution in [0.4, 0.5) is 0 Å². The first-order valence-corrected chi connectivity index (χ1v) is 5.92. The van der Waals surface area contributed by atoms with E-state index in [2.05, 4.69) is 6.07 Å². The molecule has 0 saturated carbocycles. The van der Waals surface area contributed by atoms with Gasteiger partial charge in [-0.3, -0.25) is 0 Å². The number of hydrogen-bond acceptors (Lipinski definition) is 2. The van der Waals surface area contributed by atoms with Crippen LogP contribution in [-0.2, 0) is 4.74 Å². The second kappa shape index (κ2) is 7.82. The van der Waals surface area contributed by atoms with Gasteiger partial charge in [0.2, 0.25) is 0 Å². The Morgan fingerprint density at radius 1 is 1.14 bits per heavy atom. The molecule has 0 N–H and O–H groups in total. The van der Waals surface area contributed by atoms with Crippen molar-refractivity contribution < 1.29 is 4.74 Å². The van der Waals surface area contributed by atoms with Gasteiger partial charge in [-0.15, -0.1) is 0 Å². The van der Waals surface area contributed by atoms with Gasteiger partial charge >= 0.3 is 0 Å². The number of nitriles is 1. The van der Waals surface area contributed by atoms with Crippen molar-refractivity contribution >= 4 is 0 Å². The van der Waals surface area contributed by atoms with Crippen LogP contribution in [0.15, 0.2) is 0 Å². The fourth-order valence-electron chi connectivity index (χ4n) is 1.96. The molecule has 0 aromatic heterocycles. The monoisotopic (exact) mass is 195 g/mol. The van der Waals surface area contributed by atoms with E-state index in [0.29, 0.717) is 6.10 Å². The van der Waals surface area contributed by atoms with Gasteiger partial charge in [0.25, 0.3) is 0 Å². The summed E-state index contributed by atoms with van der Waals surface area (Å²) in [7, 11) is 0. The molecular weight excluding hydrogens is 174 g/mol. The summed E-state index contributed by atoms with van der Waals surface area (Å²) >= 11 is 0. The van der Waals surface area contributed by atoms with Crippen molar-refractivity contribution in [3.05, 3.63) is 0 Å². The molecule has 0 bridgehead atoms. The second-order valence-electron chi connectivity index (χ2n) is 4.10. The zero-order valence-electron chi connectivity index (χ0n) is 9.00. The highest BCUT2D eigenvalue weighted by atomic mass is 16.5. The average molecular weight is 195 g/mol. The van der Waals surface area contributed by atoms with Crippen molar-refractivity contribution in [1.29, 1.82) is 5.26 Å². The van der Waals surface area contributed by atoms with Crippen molar-refractivity contribution in [1.82, 2.24) is 0 Å². The Bertz CT molecular complexity index is 168. The lowest BCUT2D eigenvalue weighted by Gasteiger charge is -2.22. The SMILES string of the molecule is N#CCCCCCCC1CCCCO1. The molecule has 1 fully saturated rings. The topological polar surface area (TPSA) is 33.0 Å². The third kappa shape index (κ3) is 5.24. The number of nitrogens with zero attached hydrogens (tertiary/aromatic N) is 1. The molecule has 0 radical (unpaired) electrons. The molecule has 80 valence electrons. The summed E-state index contributed by atoms with van der Waals surface area (Å²) in [5.74, 6) is 0. The summed E-state index contributed by atoms with van der Waals surface area (Å²) < 4.78 is 5.65. The van der Waals surface area contributed by atoms with Crippen LogP contribution in [-0.4, -0.2) is 12.7 Å². The third-order valence-electron chi connectivity index (χ3n) is 2.84. The fourth-order valence-corrected chi connectivity index (χ4v) is 1.96. The molecular formula is C12H21NO. The van der Waals surface area contributed by atoms with Crippen LogP contribution in [0.3, 0.4) is 0 Å². The first-order chi connectivity index (χ1) is 6.93. The minimum atomic E-state index is 0.541. The Balaban J connectivity index is 1.85. The summed E-state index contributed by atoms with van der Waals surface area (Å²) in [6.07, 6.45) is 11.2. The maximum atomic E-state index is 8.36. The Kier molecular flexibility index (Phi) is 6.43. The maximum absolute atomic E-state index is 8.36. The highest BCUT2D eigenvalue weighted by Gasteiger charge is 2.12. The molecule has 1 unspecified atom stereocenters. The molecule has 2 heteroatoms. The molecule has 0 aromatic carbocycles. The molecule has 1 heterocycles. The molecule has 0 aromatic rings. The Hall–Kier alpha value is -0.550. The molecule has 2 nitrogen and oxygen atoms in total. The zero-order chi connectivity index (χ0) is 10.1. The normalized spacial score (nSPS) is 21.8. The first-order valence-electron chi connectivity index (χ1n) is 5.92. The molecule has 0 spiro atoms. The summed E-state index contributed by atoms with van der Waals surface area (Å²) in [4.78, 5) is 0. The molecule has 14 heavy (non-hydrogen) atoms. The lowest BCUT2D eigenvalue weighted by atomic mass is 10.0. The van der Waals surface area contributed by atoms with Gasteiger partial charge in [0.05, 0.1) is 12.2 Å². The van der Waals surface area contributed by atoms with Crippen LogP contribution < -0.4 is 0 Å². The molecule has 1 rings (SSSR count). The minimum absolute atomic E-state index is 0.541. The molecule has 0 aliphatic carbocycles. The standard InChI is InChI=1S/C12H21NO/c13-10-6-3-1-2-4-8-12-9-5-7-11-14-12/h12H,1-9,11H2. The minimum Gasteiger partial charge on any atom is -0.378 e. The number of hydrogen-bond donors (Lipinski definition) is 0. The Morgan fingerprint density at radius 3 is 2.71 bits per heavy atom. The largest absolute Gasteiger partial charge is 0.378 e. The van der Waals surface area contributed by atoms with Crippen LogP contribution in [0.1, 0.15) is 57.8 Å². The van der Waals surface area contributed by atoms with Crippen molar-refractivity contribution in [3.63, 3.8) is 0 Å². The average Bonchev–Trinajstić information content (AvgIpc) is 2.25. The Labute approximate surface area is 87.3 Å². The van der Waals surface area contributed by atoms with E-state index in [9.17, 15) is 0 Å². The van der Waals surface area contributed by atoms with E-state index in [4.69, 9.17) is 10.00 Å². The third-order valence-corrected chi connectivity index (χ3v) is 2.84. The number of rotatable bonds is 6. The second-order valence-corrected chi connectivity index (χ2v) is 4.10. The molecule has 1 aliphatic heterocycles. The Morgan fingerprint density at radius 2 is 2.00 bits per heavy atom. The van der Waals surface area contributed by atoms with Crippen LogP contribution in [0.2, 0.25) is 0 Å². The van der Waals surface area contributed by atoms with E-state index in [0.717, 1.165) is 19.4 Å². The van der Waals surface area contributed by atoms with E-state index >= 15 is 0 Å². The smallest absolute Gasteiger partial charge is 0.0621 e. The zero-order valence-corrected chi connectivity index (χ0v) is 9.00. The van der Waals surface area contributed by atoms with Crippen LogP contribution in [0, 0.1) is 11.3 Å². The predicted molar refractivity (Wildman–Crippen MR) is 56.9 cm³/mol. The van der Waals surface area contributed by atoms with E-state index in [1.807, 2.05) is 0 Å².